The number of nitrogens with two attached hydrogens (primary N) is 1. The highest BCUT2D eigenvalue weighted by Crippen LogP contribution is 2.30. The molecule has 1 atom stereocenters. The third kappa shape index (κ3) is 3.12. The molecule has 88 valence electrons. The molecule has 0 fully saturated rings. The molecule has 0 aliphatic rings. The van der Waals surface area contributed by atoms with Crippen LogP contribution in [0.2, 0.25) is 5.02 Å². The van der Waals surface area contributed by atoms with Crippen molar-refractivity contribution in [3.63, 3.8) is 0 Å². The van der Waals surface area contributed by atoms with Crippen LogP contribution in [0.1, 0.15) is 30.0 Å². The Hall–Kier alpha value is -1.26. The highest BCUT2D eigenvalue weighted by atomic mass is 35.5. The molecule has 0 spiro atoms. The van der Waals surface area contributed by atoms with Gasteiger partial charge < -0.3 is 15.9 Å². The van der Waals surface area contributed by atoms with Gasteiger partial charge in [-0.25, -0.2) is 0 Å². The minimum atomic E-state index is -0.909. The van der Waals surface area contributed by atoms with Crippen molar-refractivity contribution in [2.75, 3.05) is 0 Å². The zero-order valence-corrected chi connectivity index (χ0v) is 9.66. The van der Waals surface area contributed by atoms with Gasteiger partial charge in [0.1, 0.15) is 5.75 Å². The summed E-state index contributed by atoms with van der Waals surface area (Å²) in [6.45, 7) is 1.77. The first-order valence-electron chi connectivity index (χ1n) is 4.88. The number of aromatic hydroxyl groups is 1. The number of aryl methyl sites for hydroxylation is 1. The van der Waals surface area contributed by atoms with E-state index in [0.29, 0.717) is 10.6 Å². The van der Waals surface area contributed by atoms with Crippen LogP contribution in [-0.2, 0) is 4.79 Å². The highest BCUT2D eigenvalue weighted by Gasteiger charge is 2.14. The van der Waals surface area contributed by atoms with E-state index in [1.54, 1.807) is 13.0 Å². The van der Waals surface area contributed by atoms with Gasteiger partial charge in [0.2, 0.25) is 0 Å². The van der Waals surface area contributed by atoms with E-state index in [4.69, 9.17) is 22.4 Å². The maximum atomic E-state index is 10.4. The molecule has 0 aliphatic heterocycles. The van der Waals surface area contributed by atoms with Crippen LogP contribution >= 0.6 is 11.6 Å². The summed E-state index contributed by atoms with van der Waals surface area (Å²) in [4.78, 5) is 10.4. The van der Waals surface area contributed by atoms with Crippen LogP contribution in [0.25, 0.3) is 0 Å². The standard InChI is InChI=1S/C11H14ClNO3/c1-6-4-10(14)7(5-8(6)12)9(13)2-3-11(15)16/h4-5,9,14H,2-3,13H2,1H3,(H,15,16). The number of phenolic OH excluding ortho intramolecular Hbond substituents is 1. The number of aliphatic carboxylic acids is 1. The summed E-state index contributed by atoms with van der Waals surface area (Å²) in [7, 11) is 0. The van der Waals surface area contributed by atoms with E-state index in [9.17, 15) is 9.90 Å². The lowest BCUT2D eigenvalue weighted by molar-refractivity contribution is -0.137. The fourth-order valence-electron chi connectivity index (χ4n) is 1.41. The number of rotatable bonds is 4. The van der Waals surface area contributed by atoms with E-state index in [2.05, 4.69) is 0 Å². The van der Waals surface area contributed by atoms with Crippen molar-refractivity contribution >= 4 is 17.6 Å². The Morgan fingerprint density at radius 2 is 2.19 bits per heavy atom. The molecule has 4 nitrogen and oxygen atoms in total. The van der Waals surface area contributed by atoms with Gasteiger partial charge in [0.15, 0.2) is 0 Å². The minimum absolute atomic E-state index is 0.0356. The molecule has 0 amide bonds. The summed E-state index contributed by atoms with van der Waals surface area (Å²) in [5, 5.41) is 18.7. The highest BCUT2D eigenvalue weighted by molar-refractivity contribution is 6.31. The van der Waals surface area contributed by atoms with Gasteiger partial charge in [-0.2, -0.15) is 0 Å². The molecule has 1 aromatic rings. The molecule has 1 aromatic carbocycles. The second-order valence-electron chi connectivity index (χ2n) is 3.70. The van der Waals surface area contributed by atoms with Crippen LogP contribution in [0.15, 0.2) is 12.1 Å². The topological polar surface area (TPSA) is 83.5 Å². The fourth-order valence-corrected chi connectivity index (χ4v) is 1.59. The van der Waals surface area contributed by atoms with Crippen molar-refractivity contribution in [1.82, 2.24) is 0 Å². The minimum Gasteiger partial charge on any atom is -0.508 e. The van der Waals surface area contributed by atoms with Crippen LogP contribution in [0.4, 0.5) is 0 Å². The Bertz CT molecular complexity index is 406. The number of hydrogen-bond donors (Lipinski definition) is 3. The third-order valence-electron chi connectivity index (χ3n) is 2.38. The second kappa shape index (κ2) is 5.18. The van der Waals surface area contributed by atoms with Gasteiger partial charge in [-0.15, -0.1) is 0 Å². The molecule has 1 unspecified atom stereocenters. The van der Waals surface area contributed by atoms with Gasteiger partial charge in [-0.3, -0.25) is 4.79 Å². The van der Waals surface area contributed by atoms with Crippen molar-refractivity contribution in [2.24, 2.45) is 5.73 Å². The Morgan fingerprint density at radius 3 is 2.75 bits per heavy atom. The summed E-state index contributed by atoms with van der Waals surface area (Å²) in [5.74, 6) is -0.854. The molecule has 0 saturated heterocycles. The summed E-state index contributed by atoms with van der Waals surface area (Å²) >= 11 is 5.91. The van der Waals surface area contributed by atoms with Crippen LogP contribution in [-0.4, -0.2) is 16.2 Å². The van der Waals surface area contributed by atoms with Crippen molar-refractivity contribution in [1.29, 1.82) is 0 Å². The lowest BCUT2D eigenvalue weighted by Gasteiger charge is -2.14. The first-order valence-corrected chi connectivity index (χ1v) is 5.26. The van der Waals surface area contributed by atoms with E-state index < -0.39 is 12.0 Å². The average molecular weight is 244 g/mol. The lowest BCUT2D eigenvalue weighted by atomic mass is 10.0. The number of halogens is 1. The van der Waals surface area contributed by atoms with Crippen molar-refractivity contribution < 1.29 is 15.0 Å². The largest absolute Gasteiger partial charge is 0.508 e. The zero-order valence-electron chi connectivity index (χ0n) is 8.90. The lowest BCUT2D eigenvalue weighted by Crippen LogP contribution is -2.12. The molecule has 16 heavy (non-hydrogen) atoms. The van der Waals surface area contributed by atoms with Crippen LogP contribution in [0.5, 0.6) is 5.75 Å². The third-order valence-corrected chi connectivity index (χ3v) is 2.78. The molecule has 5 heteroatoms. The monoisotopic (exact) mass is 243 g/mol. The molecule has 4 N–H and O–H groups in total. The van der Waals surface area contributed by atoms with Gasteiger partial charge in [0, 0.05) is 23.0 Å². The van der Waals surface area contributed by atoms with Gasteiger partial charge in [-0.1, -0.05) is 11.6 Å². The van der Waals surface area contributed by atoms with Crippen molar-refractivity contribution in [3.8, 4) is 5.75 Å². The second-order valence-corrected chi connectivity index (χ2v) is 4.11. The molecule has 0 heterocycles. The van der Waals surface area contributed by atoms with E-state index >= 15 is 0 Å². The van der Waals surface area contributed by atoms with E-state index in [0.717, 1.165) is 5.56 Å². The Labute approximate surface area is 98.6 Å². The number of carbonyl (C=O) groups is 1. The smallest absolute Gasteiger partial charge is 0.303 e. The molecule has 0 radical (unpaired) electrons. The molecule has 0 saturated carbocycles. The predicted octanol–water partition coefficient (Wildman–Crippen LogP) is 2.22. The summed E-state index contributed by atoms with van der Waals surface area (Å²) in [6.07, 6.45) is 0.231. The quantitative estimate of drug-likeness (QED) is 0.757. The molecular formula is C11H14ClNO3. The Kier molecular flexibility index (Phi) is 4.15. The first-order chi connectivity index (χ1) is 7.41. The Morgan fingerprint density at radius 1 is 1.56 bits per heavy atom. The average Bonchev–Trinajstić information content (AvgIpc) is 2.20. The predicted molar refractivity (Wildman–Crippen MR) is 61.7 cm³/mol. The fraction of sp³-hybridized carbons (Fsp3) is 0.364. The number of carboxylic acid groups (broad SMARTS) is 1. The van der Waals surface area contributed by atoms with E-state index in [-0.39, 0.29) is 18.6 Å². The van der Waals surface area contributed by atoms with Gasteiger partial charge >= 0.3 is 5.97 Å². The first kappa shape index (κ1) is 12.8. The normalized spacial score (nSPS) is 12.4. The maximum Gasteiger partial charge on any atom is 0.303 e. The molecular weight excluding hydrogens is 230 g/mol. The van der Waals surface area contributed by atoms with Gasteiger partial charge in [0.25, 0.3) is 0 Å². The molecule has 0 aromatic heterocycles. The number of phenols is 1. The van der Waals surface area contributed by atoms with Gasteiger partial charge in [0.05, 0.1) is 0 Å². The van der Waals surface area contributed by atoms with Crippen LogP contribution < -0.4 is 5.73 Å². The summed E-state index contributed by atoms with van der Waals surface area (Å²) in [5.41, 5.74) is 7.02. The zero-order chi connectivity index (χ0) is 12.3. The SMILES string of the molecule is Cc1cc(O)c(C(N)CCC(=O)O)cc1Cl. The van der Waals surface area contributed by atoms with Crippen molar-refractivity contribution in [3.05, 3.63) is 28.3 Å². The molecule has 0 aliphatic carbocycles. The number of carboxylic acids is 1. The van der Waals surface area contributed by atoms with Crippen LogP contribution in [0.3, 0.4) is 0 Å². The number of hydrogen-bond acceptors (Lipinski definition) is 3. The van der Waals surface area contributed by atoms with Gasteiger partial charge in [-0.05, 0) is 31.0 Å². The van der Waals surface area contributed by atoms with Crippen LogP contribution in [0, 0.1) is 6.92 Å². The molecule has 0 bridgehead atoms. The maximum absolute atomic E-state index is 10.4. The van der Waals surface area contributed by atoms with E-state index in [1.807, 2.05) is 0 Å². The van der Waals surface area contributed by atoms with Crippen molar-refractivity contribution in [2.45, 2.75) is 25.8 Å². The van der Waals surface area contributed by atoms with E-state index in [1.165, 1.54) is 6.07 Å². The Balaban J connectivity index is 2.86. The summed E-state index contributed by atoms with van der Waals surface area (Å²) in [6, 6.07) is 2.59. The number of benzene rings is 1. The summed E-state index contributed by atoms with van der Waals surface area (Å²) < 4.78 is 0. The molecule has 1 rings (SSSR count).